The van der Waals surface area contributed by atoms with Crippen LogP contribution in [0.3, 0.4) is 0 Å². The zero-order valence-electron chi connectivity index (χ0n) is 13.2. The summed E-state index contributed by atoms with van der Waals surface area (Å²) in [6, 6.07) is 8.77. The molecule has 1 amide bonds. The zero-order chi connectivity index (χ0) is 17.7. The molecule has 0 aliphatic carbocycles. The number of carbonyl (C=O) groups is 1. The van der Waals surface area contributed by atoms with Crippen molar-refractivity contribution in [3.8, 4) is 5.75 Å². The number of nitrogens with one attached hydrogen (secondary N) is 2. The zero-order valence-corrected chi connectivity index (χ0v) is 14.7. The van der Waals surface area contributed by atoms with Crippen LogP contribution in [-0.2, 0) is 4.79 Å². The number of anilines is 1. The Bertz CT molecular complexity index is 792. The Labute approximate surface area is 150 Å². The van der Waals surface area contributed by atoms with Gasteiger partial charge in [-0.3, -0.25) is 4.79 Å². The number of hydrazone groups is 1. The summed E-state index contributed by atoms with van der Waals surface area (Å²) in [6.45, 7) is 4.10. The predicted octanol–water partition coefficient (Wildman–Crippen LogP) is 3.88. The van der Waals surface area contributed by atoms with E-state index in [1.54, 1.807) is 0 Å². The van der Waals surface area contributed by atoms with Gasteiger partial charge in [0.2, 0.25) is 0 Å². The van der Waals surface area contributed by atoms with E-state index in [4.69, 9.17) is 23.2 Å². The van der Waals surface area contributed by atoms with Crippen molar-refractivity contribution < 1.29 is 9.90 Å². The summed E-state index contributed by atoms with van der Waals surface area (Å²) < 4.78 is 0. The molecule has 0 saturated carbocycles. The number of benzene rings is 2. The number of phenolic OH excluding ortho intramolecular Hbond substituents is 1. The predicted molar refractivity (Wildman–Crippen MR) is 98.3 cm³/mol. The normalized spacial score (nSPS) is 10.8. The van der Waals surface area contributed by atoms with E-state index in [1.165, 1.54) is 23.9 Å². The Morgan fingerprint density at radius 2 is 1.96 bits per heavy atom. The van der Waals surface area contributed by atoms with Gasteiger partial charge in [0.25, 0.3) is 5.91 Å². The molecule has 3 N–H and O–H groups in total. The number of hydrogen-bond donors (Lipinski definition) is 3. The third-order valence-electron chi connectivity index (χ3n) is 3.41. The average molecular weight is 366 g/mol. The monoisotopic (exact) mass is 365 g/mol. The summed E-state index contributed by atoms with van der Waals surface area (Å²) in [6.07, 6.45) is 1.28. The molecule has 0 aromatic heterocycles. The Kier molecular flexibility index (Phi) is 6.06. The highest BCUT2D eigenvalue weighted by molar-refractivity contribution is 6.36. The Morgan fingerprint density at radius 1 is 1.21 bits per heavy atom. The number of aromatic hydroxyl groups is 1. The van der Waals surface area contributed by atoms with Gasteiger partial charge in [0.1, 0.15) is 5.75 Å². The lowest BCUT2D eigenvalue weighted by atomic mass is 10.1. The molecule has 0 spiro atoms. The van der Waals surface area contributed by atoms with Gasteiger partial charge in [-0.1, -0.05) is 29.3 Å². The molecule has 0 saturated heterocycles. The molecule has 0 heterocycles. The maximum atomic E-state index is 11.8. The van der Waals surface area contributed by atoms with Crippen molar-refractivity contribution in [2.75, 3.05) is 11.9 Å². The average Bonchev–Trinajstić information content (AvgIpc) is 2.53. The fraction of sp³-hybridized carbons (Fsp3) is 0.176. The van der Waals surface area contributed by atoms with Crippen molar-refractivity contribution in [1.29, 1.82) is 0 Å². The lowest BCUT2D eigenvalue weighted by molar-refractivity contribution is -0.119. The highest BCUT2D eigenvalue weighted by Crippen LogP contribution is 2.29. The number of nitrogens with zero attached hydrogens (tertiary/aromatic N) is 1. The van der Waals surface area contributed by atoms with E-state index in [0.717, 1.165) is 11.3 Å². The van der Waals surface area contributed by atoms with Gasteiger partial charge >= 0.3 is 0 Å². The molecule has 0 aliphatic rings. The number of phenols is 1. The second-order valence-electron chi connectivity index (χ2n) is 5.27. The molecular formula is C17H17Cl2N3O2. The van der Waals surface area contributed by atoms with Gasteiger partial charge in [-0.2, -0.15) is 5.10 Å². The van der Waals surface area contributed by atoms with Crippen LogP contribution in [0.15, 0.2) is 35.4 Å². The van der Waals surface area contributed by atoms with E-state index in [1.807, 2.05) is 32.0 Å². The molecule has 0 aliphatic heterocycles. The summed E-state index contributed by atoms with van der Waals surface area (Å²) >= 11 is 11.7. The number of hydrogen-bond acceptors (Lipinski definition) is 4. The molecule has 0 atom stereocenters. The van der Waals surface area contributed by atoms with Crippen LogP contribution in [0.25, 0.3) is 0 Å². The smallest absolute Gasteiger partial charge is 0.259 e. The van der Waals surface area contributed by atoms with Crippen molar-refractivity contribution in [3.05, 3.63) is 57.1 Å². The van der Waals surface area contributed by atoms with E-state index < -0.39 is 0 Å². The summed E-state index contributed by atoms with van der Waals surface area (Å²) in [4.78, 5) is 11.8. The lowest BCUT2D eigenvalue weighted by Gasteiger charge is -2.07. The fourth-order valence-corrected chi connectivity index (χ4v) is 2.44. The van der Waals surface area contributed by atoms with Crippen molar-refractivity contribution in [2.24, 2.45) is 5.10 Å². The van der Waals surface area contributed by atoms with Crippen LogP contribution in [0.1, 0.15) is 16.7 Å². The first-order chi connectivity index (χ1) is 11.4. The van der Waals surface area contributed by atoms with Crippen LogP contribution in [0.2, 0.25) is 10.0 Å². The molecule has 126 valence electrons. The molecular weight excluding hydrogens is 349 g/mol. The molecule has 0 bridgehead atoms. The minimum Gasteiger partial charge on any atom is -0.506 e. The van der Waals surface area contributed by atoms with Crippen LogP contribution in [0, 0.1) is 13.8 Å². The molecule has 5 nitrogen and oxygen atoms in total. The van der Waals surface area contributed by atoms with Crippen molar-refractivity contribution in [3.63, 3.8) is 0 Å². The summed E-state index contributed by atoms with van der Waals surface area (Å²) in [5, 5.41) is 17.1. The van der Waals surface area contributed by atoms with Crippen LogP contribution >= 0.6 is 23.2 Å². The molecule has 2 aromatic rings. The second-order valence-corrected chi connectivity index (χ2v) is 6.11. The van der Waals surface area contributed by atoms with E-state index in [9.17, 15) is 9.90 Å². The summed E-state index contributed by atoms with van der Waals surface area (Å²) in [5.74, 6) is -0.468. The third kappa shape index (κ3) is 4.88. The quantitative estimate of drug-likeness (QED) is 0.555. The summed E-state index contributed by atoms with van der Waals surface area (Å²) in [7, 11) is 0. The molecule has 0 radical (unpaired) electrons. The van der Waals surface area contributed by atoms with Crippen molar-refractivity contribution >= 4 is 41.0 Å². The maximum Gasteiger partial charge on any atom is 0.259 e. The van der Waals surface area contributed by atoms with Gasteiger partial charge in [-0.25, -0.2) is 5.43 Å². The largest absolute Gasteiger partial charge is 0.506 e. The van der Waals surface area contributed by atoms with Gasteiger partial charge in [0.15, 0.2) is 0 Å². The number of amides is 1. The van der Waals surface area contributed by atoms with Gasteiger partial charge < -0.3 is 10.4 Å². The first-order valence-electron chi connectivity index (χ1n) is 7.18. The van der Waals surface area contributed by atoms with E-state index in [0.29, 0.717) is 10.6 Å². The SMILES string of the molecule is Cc1ccc(NCC(=O)N/N=C\c2cc(Cl)cc(Cl)c2O)cc1C. The molecule has 0 fully saturated rings. The fourth-order valence-electron chi connectivity index (χ4n) is 1.93. The van der Waals surface area contributed by atoms with Crippen molar-refractivity contribution in [1.82, 2.24) is 5.43 Å². The van der Waals surface area contributed by atoms with E-state index in [2.05, 4.69) is 15.8 Å². The molecule has 7 heteroatoms. The van der Waals surface area contributed by atoms with Crippen LogP contribution in [0.5, 0.6) is 5.75 Å². The van der Waals surface area contributed by atoms with Crippen LogP contribution in [-0.4, -0.2) is 23.8 Å². The highest BCUT2D eigenvalue weighted by atomic mass is 35.5. The standard InChI is InChI=1S/C17H17Cl2N3O2/c1-10-3-4-14(5-11(10)2)20-9-16(23)22-21-8-12-6-13(18)7-15(19)17(12)24/h3-8,20,24H,9H2,1-2H3,(H,22,23)/b21-8-. The highest BCUT2D eigenvalue weighted by Gasteiger charge is 2.06. The number of aryl methyl sites for hydroxylation is 2. The Balaban J connectivity index is 1.90. The Hall–Kier alpha value is -2.24. The molecule has 2 aromatic carbocycles. The Morgan fingerprint density at radius 3 is 2.67 bits per heavy atom. The lowest BCUT2D eigenvalue weighted by Crippen LogP contribution is -2.25. The van der Waals surface area contributed by atoms with Gasteiger partial charge in [-0.05, 0) is 49.2 Å². The first-order valence-corrected chi connectivity index (χ1v) is 7.93. The minimum atomic E-state index is -0.322. The molecule has 24 heavy (non-hydrogen) atoms. The number of rotatable bonds is 5. The molecule has 2 rings (SSSR count). The van der Waals surface area contributed by atoms with Crippen LogP contribution in [0.4, 0.5) is 5.69 Å². The second kappa shape index (κ2) is 8.04. The maximum absolute atomic E-state index is 11.8. The van der Waals surface area contributed by atoms with E-state index >= 15 is 0 Å². The minimum absolute atomic E-state index is 0.0716. The van der Waals surface area contributed by atoms with Crippen LogP contribution < -0.4 is 10.7 Å². The first kappa shape index (κ1) is 18.1. The molecule has 0 unspecified atom stereocenters. The van der Waals surface area contributed by atoms with E-state index in [-0.39, 0.29) is 23.2 Å². The number of halogens is 2. The topological polar surface area (TPSA) is 73.7 Å². The number of carbonyl (C=O) groups excluding carboxylic acids is 1. The van der Waals surface area contributed by atoms with Gasteiger partial charge in [-0.15, -0.1) is 0 Å². The van der Waals surface area contributed by atoms with Gasteiger partial charge in [0, 0.05) is 16.3 Å². The summed E-state index contributed by atoms with van der Waals surface area (Å²) in [5.41, 5.74) is 5.87. The third-order valence-corrected chi connectivity index (χ3v) is 3.92. The van der Waals surface area contributed by atoms with Crippen molar-refractivity contribution in [2.45, 2.75) is 13.8 Å². The van der Waals surface area contributed by atoms with Gasteiger partial charge in [0.05, 0.1) is 17.8 Å².